The fourth-order valence-corrected chi connectivity index (χ4v) is 9.70. The second kappa shape index (κ2) is 8.79. The third-order valence-electron chi connectivity index (χ3n) is 11.1. The molecule has 0 saturated heterocycles. The molecular formula is C26H44N2O4. The number of rotatable bonds is 8. The van der Waals surface area contributed by atoms with Gasteiger partial charge in [0.1, 0.15) is 11.6 Å². The molecule has 32 heavy (non-hydrogen) atoms. The van der Waals surface area contributed by atoms with E-state index < -0.39 is 16.7 Å². The summed E-state index contributed by atoms with van der Waals surface area (Å²) in [6.45, 7) is 10.2. The molecule has 0 aromatic carbocycles. The molecule has 0 aliphatic heterocycles. The standard InChI is InChI=1S/C26H44N2O4/c1-5-6-8-18(2)20-10-11-21-19-12-16-26(32-17-29)23(27-28(30)31)9-7-14-25(26,4)22(19)13-15-24(20,21)3/h17-23,27H,5-16H2,1-4H3/t18?,19-,20+,21-,22-,23-,24+,25+,26+/m0/s1. The molecule has 9 atom stereocenters. The van der Waals surface area contributed by atoms with Crippen molar-refractivity contribution in [2.75, 3.05) is 0 Å². The number of carbonyl (C=O) groups excluding carboxylic acids is 1. The van der Waals surface area contributed by atoms with Crippen LogP contribution in [-0.4, -0.2) is 23.1 Å². The van der Waals surface area contributed by atoms with Gasteiger partial charge >= 0.3 is 0 Å². The predicted molar refractivity (Wildman–Crippen MR) is 124 cm³/mol. The van der Waals surface area contributed by atoms with E-state index in [9.17, 15) is 14.9 Å². The van der Waals surface area contributed by atoms with Crippen LogP contribution in [0.15, 0.2) is 0 Å². The van der Waals surface area contributed by atoms with Crippen molar-refractivity contribution in [1.82, 2.24) is 5.43 Å². The summed E-state index contributed by atoms with van der Waals surface area (Å²) in [7, 11) is 0. The number of nitrogens with zero attached hydrogens (tertiary/aromatic N) is 1. The van der Waals surface area contributed by atoms with Crippen LogP contribution in [0.3, 0.4) is 0 Å². The molecule has 4 aliphatic carbocycles. The number of unbranched alkanes of at least 4 members (excludes halogenated alkanes) is 1. The molecule has 4 fully saturated rings. The molecule has 6 nitrogen and oxygen atoms in total. The van der Waals surface area contributed by atoms with Crippen LogP contribution in [-0.2, 0) is 9.53 Å². The Morgan fingerprint density at radius 2 is 1.91 bits per heavy atom. The normalized spacial score (nSPS) is 46.3. The van der Waals surface area contributed by atoms with Gasteiger partial charge in [0.15, 0.2) is 5.03 Å². The summed E-state index contributed by atoms with van der Waals surface area (Å²) in [5.41, 5.74) is 2.02. The average molecular weight is 449 g/mol. The van der Waals surface area contributed by atoms with Crippen LogP contribution in [0, 0.1) is 50.5 Å². The Morgan fingerprint density at radius 3 is 2.59 bits per heavy atom. The Balaban J connectivity index is 1.62. The summed E-state index contributed by atoms with van der Waals surface area (Å²) in [6.07, 6.45) is 13.5. The van der Waals surface area contributed by atoms with E-state index >= 15 is 0 Å². The SMILES string of the molecule is CCCCC(C)[C@H]1CC[C@H]2[C@@H]3CC[C@@]4(OC=O)[C@@H](N[N+](=O)[O-])CCC[C@]4(C)[C@H]3CC[C@]12C. The Kier molecular flexibility index (Phi) is 6.54. The lowest BCUT2D eigenvalue weighted by Gasteiger charge is -2.65. The minimum atomic E-state index is -0.762. The van der Waals surface area contributed by atoms with Crippen molar-refractivity contribution in [2.45, 2.75) is 116 Å². The van der Waals surface area contributed by atoms with Crippen LogP contribution in [0.5, 0.6) is 0 Å². The maximum atomic E-state index is 11.7. The minimum absolute atomic E-state index is 0.198. The zero-order valence-electron chi connectivity index (χ0n) is 20.6. The van der Waals surface area contributed by atoms with Crippen molar-refractivity contribution in [3.8, 4) is 0 Å². The van der Waals surface area contributed by atoms with Gasteiger partial charge in [0.05, 0.1) is 0 Å². The van der Waals surface area contributed by atoms with Gasteiger partial charge in [-0.15, -0.1) is 5.43 Å². The van der Waals surface area contributed by atoms with Crippen LogP contribution in [0.4, 0.5) is 0 Å². The maximum absolute atomic E-state index is 11.7. The van der Waals surface area contributed by atoms with Crippen molar-refractivity contribution >= 4 is 6.47 Å². The van der Waals surface area contributed by atoms with Gasteiger partial charge in [-0.3, -0.25) is 4.79 Å². The summed E-state index contributed by atoms with van der Waals surface area (Å²) in [5, 5.41) is 11.0. The number of nitro groups is 1. The van der Waals surface area contributed by atoms with Gasteiger partial charge in [0, 0.05) is 5.41 Å². The first kappa shape index (κ1) is 23.8. The van der Waals surface area contributed by atoms with E-state index in [0.29, 0.717) is 30.1 Å². The molecule has 4 saturated carbocycles. The number of hydrazine groups is 1. The largest absolute Gasteiger partial charge is 0.458 e. The van der Waals surface area contributed by atoms with Crippen LogP contribution < -0.4 is 5.43 Å². The van der Waals surface area contributed by atoms with Crippen molar-refractivity contribution in [1.29, 1.82) is 0 Å². The van der Waals surface area contributed by atoms with Crippen molar-refractivity contribution < 1.29 is 14.6 Å². The van der Waals surface area contributed by atoms with Crippen LogP contribution in [0.2, 0.25) is 0 Å². The average Bonchev–Trinajstić information content (AvgIpc) is 3.10. The molecular weight excluding hydrogens is 404 g/mol. The maximum Gasteiger partial charge on any atom is 0.293 e. The highest BCUT2D eigenvalue weighted by molar-refractivity contribution is 5.40. The first-order valence-electron chi connectivity index (χ1n) is 13.3. The van der Waals surface area contributed by atoms with E-state index in [4.69, 9.17) is 4.74 Å². The van der Waals surface area contributed by atoms with Gasteiger partial charge in [-0.05, 0) is 86.4 Å². The van der Waals surface area contributed by atoms with Gasteiger partial charge in [0.25, 0.3) is 6.47 Å². The third kappa shape index (κ3) is 3.46. The number of carbonyl (C=O) groups is 1. The van der Waals surface area contributed by atoms with E-state index in [0.717, 1.165) is 43.4 Å². The number of nitrogens with one attached hydrogen (secondary N) is 1. The molecule has 6 heteroatoms. The Morgan fingerprint density at radius 1 is 1.12 bits per heavy atom. The number of hydrogen-bond donors (Lipinski definition) is 1. The smallest absolute Gasteiger partial charge is 0.293 e. The Hall–Kier alpha value is -1.33. The number of fused-ring (bicyclic) bond motifs is 5. The first-order valence-corrected chi connectivity index (χ1v) is 13.3. The van der Waals surface area contributed by atoms with Crippen LogP contribution >= 0.6 is 0 Å². The van der Waals surface area contributed by atoms with Crippen LogP contribution in [0.25, 0.3) is 0 Å². The van der Waals surface area contributed by atoms with Gasteiger partial charge < -0.3 is 4.74 Å². The molecule has 0 heterocycles. The van der Waals surface area contributed by atoms with E-state index in [1.165, 1.54) is 44.9 Å². The first-order chi connectivity index (χ1) is 15.2. The second-order valence-electron chi connectivity index (χ2n) is 12.1. The minimum Gasteiger partial charge on any atom is -0.458 e. The molecule has 4 rings (SSSR count). The van der Waals surface area contributed by atoms with Gasteiger partial charge in [0.2, 0.25) is 0 Å². The second-order valence-corrected chi connectivity index (χ2v) is 12.1. The molecule has 1 unspecified atom stereocenters. The highest BCUT2D eigenvalue weighted by Crippen LogP contribution is 2.69. The molecule has 0 amide bonds. The fourth-order valence-electron chi connectivity index (χ4n) is 9.70. The molecule has 0 aromatic heterocycles. The van der Waals surface area contributed by atoms with Crippen molar-refractivity contribution in [3.63, 3.8) is 0 Å². The van der Waals surface area contributed by atoms with Gasteiger partial charge in [-0.2, -0.15) is 0 Å². The van der Waals surface area contributed by atoms with Crippen molar-refractivity contribution in [2.24, 2.45) is 40.4 Å². The summed E-state index contributed by atoms with van der Waals surface area (Å²) in [6, 6.07) is -0.402. The molecule has 4 aliphatic rings. The summed E-state index contributed by atoms with van der Waals surface area (Å²) < 4.78 is 5.93. The van der Waals surface area contributed by atoms with E-state index in [-0.39, 0.29) is 5.41 Å². The molecule has 0 bridgehead atoms. The van der Waals surface area contributed by atoms with E-state index in [1.807, 2.05) is 0 Å². The summed E-state index contributed by atoms with van der Waals surface area (Å²) >= 11 is 0. The van der Waals surface area contributed by atoms with E-state index in [1.54, 1.807) is 0 Å². The monoisotopic (exact) mass is 448 g/mol. The highest BCUT2D eigenvalue weighted by Gasteiger charge is 2.68. The van der Waals surface area contributed by atoms with Gasteiger partial charge in [-0.1, -0.05) is 53.4 Å². The van der Waals surface area contributed by atoms with Crippen LogP contribution in [0.1, 0.15) is 105 Å². The lowest BCUT2D eigenvalue weighted by molar-refractivity contribution is -0.558. The Bertz CT molecular complexity index is 716. The molecule has 0 radical (unpaired) electrons. The molecule has 182 valence electrons. The highest BCUT2D eigenvalue weighted by atomic mass is 16.7. The molecule has 1 N–H and O–H groups in total. The number of hydrogen-bond acceptors (Lipinski definition) is 4. The Labute approximate surface area is 193 Å². The molecule has 0 spiro atoms. The van der Waals surface area contributed by atoms with Crippen molar-refractivity contribution in [3.05, 3.63) is 10.1 Å². The van der Waals surface area contributed by atoms with E-state index in [2.05, 4.69) is 33.1 Å². The molecule has 0 aromatic rings. The quantitative estimate of drug-likeness (QED) is 0.283. The predicted octanol–water partition coefficient (Wildman–Crippen LogP) is 5.92. The third-order valence-corrected chi connectivity index (χ3v) is 11.1. The lowest BCUT2D eigenvalue weighted by Crippen LogP contribution is -2.70. The summed E-state index contributed by atoms with van der Waals surface area (Å²) in [4.78, 5) is 23.1. The zero-order valence-corrected chi connectivity index (χ0v) is 20.6. The number of ether oxygens (including phenoxy) is 1. The lowest BCUT2D eigenvalue weighted by atomic mass is 9.42. The summed E-state index contributed by atoms with van der Waals surface area (Å²) in [5.74, 6) is 3.49. The topological polar surface area (TPSA) is 81.5 Å². The van der Waals surface area contributed by atoms with Gasteiger partial charge in [-0.25, -0.2) is 10.1 Å². The fraction of sp³-hybridized carbons (Fsp3) is 0.962. The zero-order chi connectivity index (χ0) is 23.1.